The summed E-state index contributed by atoms with van der Waals surface area (Å²) in [4.78, 5) is 24.1. The van der Waals surface area contributed by atoms with Crippen LogP contribution in [0.1, 0.15) is 47.6 Å². The van der Waals surface area contributed by atoms with E-state index in [9.17, 15) is 9.59 Å². The Labute approximate surface area is 141 Å². The number of carbonyl (C=O) groups is 2. The van der Waals surface area contributed by atoms with Crippen molar-refractivity contribution in [2.75, 3.05) is 5.32 Å². The Balaban J connectivity index is 1.97. The van der Waals surface area contributed by atoms with Crippen molar-refractivity contribution in [3.63, 3.8) is 0 Å². The van der Waals surface area contributed by atoms with Gasteiger partial charge in [0.1, 0.15) is 11.3 Å². The van der Waals surface area contributed by atoms with Crippen LogP contribution in [0.4, 0.5) is 5.69 Å². The van der Waals surface area contributed by atoms with Crippen molar-refractivity contribution >= 4 is 17.5 Å². The molecule has 2 rings (SSSR count). The van der Waals surface area contributed by atoms with Crippen LogP contribution in [0.2, 0.25) is 0 Å². The lowest BCUT2D eigenvalue weighted by molar-refractivity contribution is -0.116. The third-order valence-corrected chi connectivity index (χ3v) is 3.52. The van der Waals surface area contributed by atoms with E-state index in [0.29, 0.717) is 35.9 Å². The number of carbonyl (C=O) groups excluding carboxylic acids is 2. The number of amides is 2. The number of anilines is 1. The molecule has 0 radical (unpaired) electrons. The molecule has 0 aliphatic heterocycles. The summed E-state index contributed by atoms with van der Waals surface area (Å²) in [6.07, 6.45) is 0.479. The second kappa shape index (κ2) is 7.77. The van der Waals surface area contributed by atoms with Crippen LogP contribution in [0.15, 0.2) is 28.8 Å². The lowest BCUT2D eigenvalue weighted by Gasteiger charge is -2.09. The van der Waals surface area contributed by atoms with E-state index in [-0.39, 0.29) is 11.8 Å². The Kier molecular flexibility index (Phi) is 5.73. The molecular formula is C18H23N3O3. The molecule has 1 aromatic heterocycles. The molecule has 2 N–H and O–H groups in total. The molecule has 0 saturated carbocycles. The van der Waals surface area contributed by atoms with Crippen LogP contribution in [0.5, 0.6) is 0 Å². The predicted octanol–water partition coefficient (Wildman–Crippen LogP) is 3.21. The summed E-state index contributed by atoms with van der Waals surface area (Å²) in [6, 6.07) is 7.43. The zero-order valence-electron chi connectivity index (χ0n) is 14.5. The van der Waals surface area contributed by atoms with Gasteiger partial charge in [0.15, 0.2) is 0 Å². The summed E-state index contributed by atoms with van der Waals surface area (Å²) in [5.74, 6) is 0.574. The minimum Gasteiger partial charge on any atom is -0.361 e. The molecule has 0 bridgehead atoms. The SMILES string of the molecule is Cc1noc(C)c1C(=O)NCc1cccc(NC(=O)CC(C)C)c1. The molecule has 0 saturated heterocycles. The van der Waals surface area contributed by atoms with Crippen LogP contribution in [0, 0.1) is 19.8 Å². The molecule has 24 heavy (non-hydrogen) atoms. The van der Waals surface area contributed by atoms with Gasteiger partial charge in [0.2, 0.25) is 5.91 Å². The number of rotatable bonds is 6. The maximum absolute atomic E-state index is 12.2. The van der Waals surface area contributed by atoms with Crippen molar-refractivity contribution in [1.82, 2.24) is 10.5 Å². The van der Waals surface area contributed by atoms with Crippen LogP contribution in [0.3, 0.4) is 0 Å². The normalized spacial score (nSPS) is 10.7. The van der Waals surface area contributed by atoms with Crippen molar-refractivity contribution in [3.8, 4) is 0 Å². The minimum absolute atomic E-state index is 0.0121. The molecule has 6 heteroatoms. The molecule has 0 spiro atoms. The van der Waals surface area contributed by atoms with Crippen LogP contribution in [-0.4, -0.2) is 17.0 Å². The van der Waals surface area contributed by atoms with Gasteiger partial charge in [-0.3, -0.25) is 9.59 Å². The zero-order chi connectivity index (χ0) is 17.7. The fourth-order valence-corrected chi connectivity index (χ4v) is 2.42. The lowest BCUT2D eigenvalue weighted by atomic mass is 10.1. The van der Waals surface area contributed by atoms with E-state index in [1.54, 1.807) is 13.8 Å². The standard InChI is InChI=1S/C18H23N3O3/c1-11(2)8-16(22)20-15-7-5-6-14(9-15)10-19-18(23)17-12(3)21-24-13(17)4/h5-7,9,11H,8,10H2,1-4H3,(H,19,23)(H,20,22). The number of aryl methyl sites for hydroxylation is 2. The molecule has 6 nitrogen and oxygen atoms in total. The van der Waals surface area contributed by atoms with Gasteiger partial charge in [0.25, 0.3) is 5.91 Å². The van der Waals surface area contributed by atoms with Gasteiger partial charge in [-0.25, -0.2) is 0 Å². The number of hydrogen-bond donors (Lipinski definition) is 2. The molecule has 1 heterocycles. The zero-order valence-corrected chi connectivity index (χ0v) is 14.5. The summed E-state index contributed by atoms with van der Waals surface area (Å²) >= 11 is 0. The molecule has 0 aliphatic rings. The maximum Gasteiger partial charge on any atom is 0.257 e. The highest BCUT2D eigenvalue weighted by Gasteiger charge is 2.17. The summed E-state index contributed by atoms with van der Waals surface area (Å²) < 4.78 is 5.00. The Morgan fingerprint density at radius 3 is 2.62 bits per heavy atom. The van der Waals surface area contributed by atoms with Gasteiger partial charge >= 0.3 is 0 Å². The fraction of sp³-hybridized carbons (Fsp3) is 0.389. The molecular weight excluding hydrogens is 306 g/mol. The van der Waals surface area contributed by atoms with E-state index in [2.05, 4.69) is 15.8 Å². The number of nitrogens with zero attached hydrogens (tertiary/aromatic N) is 1. The molecule has 0 aliphatic carbocycles. The van der Waals surface area contributed by atoms with Crippen molar-refractivity contribution in [2.24, 2.45) is 5.92 Å². The number of aromatic nitrogens is 1. The first kappa shape index (κ1) is 17.7. The van der Waals surface area contributed by atoms with Gasteiger partial charge < -0.3 is 15.2 Å². The monoisotopic (exact) mass is 329 g/mol. The quantitative estimate of drug-likeness (QED) is 0.852. The van der Waals surface area contributed by atoms with Gasteiger partial charge in [-0.1, -0.05) is 31.1 Å². The first-order chi connectivity index (χ1) is 11.4. The number of benzene rings is 1. The average molecular weight is 329 g/mol. The van der Waals surface area contributed by atoms with Gasteiger partial charge in [-0.05, 0) is 37.5 Å². The first-order valence-corrected chi connectivity index (χ1v) is 7.96. The topological polar surface area (TPSA) is 84.2 Å². The molecule has 2 aromatic rings. The smallest absolute Gasteiger partial charge is 0.257 e. The highest BCUT2D eigenvalue weighted by molar-refractivity contribution is 5.96. The Bertz CT molecular complexity index is 715. The lowest BCUT2D eigenvalue weighted by Crippen LogP contribution is -2.24. The first-order valence-electron chi connectivity index (χ1n) is 7.96. The van der Waals surface area contributed by atoms with Crippen molar-refractivity contribution < 1.29 is 14.1 Å². The fourth-order valence-electron chi connectivity index (χ4n) is 2.42. The third kappa shape index (κ3) is 4.68. The molecule has 1 aromatic carbocycles. The molecule has 0 atom stereocenters. The van der Waals surface area contributed by atoms with E-state index >= 15 is 0 Å². The second-order valence-electron chi connectivity index (χ2n) is 6.23. The summed E-state index contributed by atoms with van der Waals surface area (Å²) in [6.45, 7) is 7.80. The third-order valence-electron chi connectivity index (χ3n) is 3.52. The Morgan fingerprint density at radius 2 is 2.00 bits per heavy atom. The van der Waals surface area contributed by atoms with E-state index in [1.165, 1.54) is 0 Å². The van der Waals surface area contributed by atoms with Crippen LogP contribution in [-0.2, 0) is 11.3 Å². The Hall–Kier alpha value is -2.63. The van der Waals surface area contributed by atoms with Crippen molar-refractivity contribution in [1.29, 1.82) is 0 Å². The number of hydrogen-bond acceptors (Lipinski definition) is 4. The highest BCUT2D eigenvalue weighted by Crippen LogP contribution is 2.14. The maximum atomic E-state index is 12.2. The van der Waals surface area contributed by atoms with Crippen LogP contribution in [0.25, 0.3) is 0 Å². The summed E-state index contributed by atoms with van der Waals surface area (Å²) in [7, 11) is 0. The Morgan fingerprint density at radius 1 is 1.25 bits per heavy atom. The van der Waals surface area contributed by atoms with Crippen molar-refractivity contribution in [2.45, 2.75) is 40.7 Å². The van der Waals surface area contributed by atoms with E-state index in [4.69, 9.17) is 4.52 Å². The summed E-state index contributed by atoms with van der Waals surface area (Å²) in [5, 5.41) is 9.49. The van der Waals surface area contributed by atoms with Gasteiger partial charge in [-0.15, -0.1) is 0 Å². The minimum atomic E-state index is -0.222. The predicted molar refractivity (Wildman–Crippen MR) is 91.7 cm³/mol. The summed E-state index contributed by atoms with van der Waals surface area (Å²) in [5.41, 5.74) is 2.67. The largest absolute Gasteiger partial charge is 0.361 e. The van der Waals surface area contributed by atoms with Crippen LogP contribution < -0.4 is 10.6 Å². The van der Waals surface area contributed by atoms with E-state index in [0.717, 1.165) is 11.3 Å². The highest BCUT2D eigenvalue weighted by atomic mass is 16.5. The van der Waals surface area contributed by atoms with Crippen LogP contribution >= 0.6 is 0 Å². The van der Waals surface area contributed by atoms with E-state index < -0.39 is 0 Å². The molecule has 2 amide bonds. The molecule has 128 valence electrons. The second-order valence-corrected chi connectivity index (χ2v) is 6.23. The molecule has 0 fully saturated rings. The molecule has 0 unspecified atom stereocenters. The van der Waals surface area contributed by atoms with E-state index in [1.807, 2.05) is 38.1 Å². The average Bonchev–Trinajstić information content (AvgIpc) is 2.83. The van der Waals surface area contributed by atoms with Crippen molar-refractivity contribution in [3.05, 3.63) is 46.8 Å². The number of nitrogens with one attached hydrogen (secondary N) is 2. The van der Waals surface area contributed by atoms with Gasteiger partial charge in [0.05, 0.1) is 5.69 Å². The van der Waals surface area contributed by atoms with Gasteiger partial charge in [-0.2, -0.15) is 0 Å². The van der Waals surface area contributed by atoms with Gasteiger partial charge in [0, 0.05) is 18.7 Å².